The highest BCUT2D eigenvalue weighted by Gasteiger charge is 2.06. The molecule has 0 radical (unpaired) electrons. The van der Waals surface area contributed by atoms with Crippen LogP contribution in [0.1, 0.15) is 36.1 Å². The predicted molar refractivity (Wildman–Crippen MR) is 128 cm³/mol. The molecule has 0 atom stereocenters. The Balaban J connectivity index is 1.95. The highest BCUT2D eigenvalue weighted by Crippen LogP contribution is 2.19. The van der Waals surface area contributed by atoms with Gasteiger partial charge >= 0.3 is 0 Å². The maximum Gasteiger partial charge on any atom is 0.269 e. The molecule has 3 rings (SSSR count). The second-order valence-corrected chi connectivity index (χ2v) is 7.05. The van der Waals surface area contributed by atoms with Crippen molar-refractivity contribution >= 4 is 17.1 Å². The summed E-state index contributed by atoms with van der Waals surface area (Å²) in [6, 6.07) is 18.0. The van der Waals surface area contributed by atoms with E-state index in [0.29, 0.717) is 11.1 Å². The third-order valence-electron chi connectivity index (χ3n) is 4.90. The molecule has 0 aliphatic heterocycles. The van der Waals surface area contributed by atoms with Crippen LogP contribution in [0.4, 0.5) is 17.1 Å². The van der Waals surface area contributed by atoms with Crippen molar-refractivity contribution in [1.82, 2.24) is 0 Å². The van der Waals surface area contributed by atoms with Crippen molar-refractivity contribution in [3.8, 4) is 23.7 Å². The van der Waals surface area contributed by atoms with Gasteiger partial charge in [0, 0.05) is 65.3 Å². The number of nitro groups is 2. The molecule has 0 amide bonds. The van der Waals surface area contributed by atoms with Crippen LogP contribution in [-0.4, -0.2) is 22.9 Å². The first-order chi connectivity index (χ1) is 15.9. The maximum absolute atomic E-state index is 10.8. The minimum absolute atomic E-state index is 0.0212. The van der Waals surface area contributed by atoms with Crippen molar-refractivity contribution in [2.75, 3.05) is 18.0 Å². The minimum Gasteiger partial charge on any atom is -0.372 e. The molecule has 3 aromatic rings. The van der Waals surface area contributed by atoms with Crippen molar-refractivity contribution in [1.29, 1.82) is 0 Å². The molecule has 0 unspecified atom stereocenters. The maximum atomic E-state index is 10.8. The van der Waals surface area contributed by atoms with E-state index in [1.807, 2.05) is 18.2 Å². The molecule has 0 fully saturated rings. The van der Waals surface area contributed by atoms with Crippen LogP contribution in [0.25, 0.3) is 0 Å². The summed E-state index contributed by atoms with van der Waals surface area (Å²) in [5.41, 5.74) is 3.92. The summed E-state index contributed by atoms with van der Waals surface area (Å²) in [5.74, 6) is 12.3. The molecule has 0 N–H and O–H groups in total. The average Bonchev–Trinajstić information content (AvgIpc) is 2.82. The van der Waals surface area contributed by atoms with Crippen LogP contribution in [0, 0.1) is 43.9 Å². The van der Waals surface area contributed by atoms with E-state index in [-0.39, 0.29) is 11.4 Å². The Bertz CT molecular complexity index is 1190. The molecule has 164 valence electrons. The summed E-state index contributed by atoms with van der Waals surface area (Å²) in [7, 11) is 0. The summed E-state index contributed by atoms with van der Waals surface area (Å²) < 4.78 is 0. The van der Waals surface area contributed by atoms with E-state index in [1.165, 1.54) is 24.3 Å². The van der Waals surface area contributed by atoms with Gasteiger partial charge in [-0.2, -0.15) is 0 Å². The van der Waals surface area contributed by atoms with E-state index in [0.717, 1.165) is 29.9 Å². The van der Waals surface area contributed by atoms with E-state index in [9.17, 15) is 20.2 Å². The van der Waals surface area contributed by atoms with Crippen molar-refractivity contribution < 1.29 is 9.85 Å². The fourth-order valence-electron chi connectivity index (χ4n) is 3.15. The topological polar surface area (TPSA) is 89.5 Å². The Morgan fingerprint density at radius 2 is 1.00 bits per heavy atom. The lowest BCUT2D eigenvalue weighted by Gasteiger charge is -2.21. The smallest absolute Gasteiger partial charge is 0.269 e. The molecule has 0 bridgehead atoms. The number of non-ortho nitro benzene ring substituents is 2. The first kappa shape index (κ1) is 23.1. The number of nitro benzene ring substituents is 2. The number of hydrogen-bond acceptors (Lipinski definition) is 5. The molecule has 0 aliphatic carbocycles. The van der Waals surface area contributed by atoms with Crippen LogP contribution < -0.4 is 4.90 Å². The molecular formula is C26H21N3O4. The summed E-state index contributed by atoms with van der Waals surface area (Å²) >= 11 is 0. The third kappa shape index (κ3) is 6.19. The monoisotopic (exact) mass is 439 g/mol. The number of nitrogens with zero attached hydrogens (tertiary/aromatic N) is 3. The molecule has 0 saturated carbocycles. The zero-order chi connectivity index (χ0) is 23.8. The van der Waals surface area contributed by atoms with Crippen LogP contribution in [0.3, 0.4) is 0 Å². The SMILES string of the molecule is CCN(CC)c1cc(C#Cc2ccc([N+](=O)[O-])cc2)cc(C#Cc2ccc([N+](=O)[O-])cc2)c1. The molecule has 3 aromatic carbocycles. The first-order valence-electron chi connectivity index (χ1n) is 10.3. The van der Waals surface area contributed by atoms with Gasteiger partial charge in [0.05, 0.1) is 9.85 Å². The third-order valence-corrected chi connectivity index (χ3v) is 4.90. The number of hydrogen-bond donors (Lipinski definition) is 0. The van der Waals surface area contributed by atoms with Gasteiger partial charge in [0.15, 0.2) is 0 Å². The van der Waals surface area contributed by atoms with Crippen LogP contribution in [0.15, 0.2) is 66.7 Å². The normalized spacial score (nSPS) is 9.76. The van der Waals surface area contributed by atoms with E-state index >= 15 is 0 Å². The summed E-state index contributed by atoms with van der Waals surface area (Å²) in [6.45, 7) is 5.79. The van der Waals surface area contributed by atoms with E-state index in [1.54, 1.807) is 24.3 Å². The molecule has 0 heterocycles. The Morgan fingerprint density at radius 3 is 1.33 bits per heavy atom. The zero-order valence-corrected chi connectivity index (χ0v) is 18.2. The number of anilines is 1. The lowest BCUT2D eigenvalue weighted by Crippen LogP contribution is -2.21. The van der Waals surface area contributed by atoms with Gasteiger partial charge in [-0.3, -0.25) is 20.2 Å². The van der Waals surface area contributed by atoms with Crippen LogP contribution in [0.5, 0.6) is 0 Å². The predicted octanol–water partition coefficient (Wildman–Crippen LogP) is 5.15. The standard InChI is InChI=1S/C26H21N3O4/c1-3-27(4-2)26-18-22(7-5-20-9-13-24(14-10-20)28(30)31)17-23(19-26)8-6-21-11-15-25(16-12-21)29(32)33/h9-19H,3-4H2,1-2H3. The van der Waals surface area contributed by atoms with Crippen LogP contribution in [0.2, 0.25) is 0 Å². The molecule has 7 nitrogen and oxygen atoms in total. The second kappa shape index (κ2) is 10.6. The molecule has 0 spiro atoms. The van der Waals surface area contributed by atoms with E-state index in [2.05, 4.69) is 42.4 Å². The lowest BCUT2D eigenvalue weighted by atomic mass is 10.1. The summed E-state index contributed by atoms with van der Waals surface area (Å²) in [5, 5.41) is 21.6. The molecular weight excluding hydrogens is 418 g/mol. The van der Waals surface area contributed by atoms with Gasteiger partial charge in [-0.15, -0.1) is 0 Å². The molecule has 33 heavy (non-hydrogen) atoms. The summed E-state index contributed by atoms with van der Waals surface area (Å²) in [4.78, 5) is 22.9. The van der Waals surface area contributed by atoms with E-state index in [4.69, 9.17) is 0 Å². The minimum atomic E-state index is -0.444. The van der Waals surface area contributed by atoms with Gasteiger partial charge in [0.1, 0.15) is 0 Å². The highest BCUT2D eigenvalue weighted by molar-refractivity contribution is 5.60. The van der Waals surface area contributed by atoms with Gasteiger partial charge in [0.25, 0.3) is 11.4 Å². The second-order valence-electron chi connectivity index (χ2n) is 7.05. The molecule has 7 heteroatoms. The quantitative estimate of drug-likeness (QED) is 0.312. The van der Waals surface area contributed by atoms with Gasteiger partial charge < -0.3 is 4.90 Å². The zero-order valence-electron chi connectivity index (χ0n) is 18.2. The summed E-state index contributed by atoms with van der Waals surface area (Å²) in [6.07, 6.45) is 0. The van der Waals surface area contributed by atoms with Crippen molar-refractivity contribution in [2.45, 2.75) is 13.8 Å². The number of benzene rings is 3. The lowest BCUT2D eigenvalue weighted by molar-refractivity contribution is -0.385. The van der Waals surface area contributed by atoms with Crippen LogP contribution in [-0.2, 0) is 0 Å². The van der Waals surface area contributed by atoms with E-state index < -0.39 is 9.85 Å². The van der Waals surface area contributed by atoms with Crippen molar-refractivity contribution in [3.63, 3.8) is 0 Å². The van der Waals surface area contributed by atoms with Gasteiger partial charge in [-0.25, -0.2) is 0 Å². The first-order valence-corrected chi connectivity index (χ1v) is 10.3. The Kier molecular flexibility index (Phi) is 7.41. The average molecular weight is 439 g/mol. The van der Waals surface area contributed by atoms with Gasteiger partial charge in [-0.05, 0) is 56.3 Å². The Labute approximate surface area is 192 Å². The Hall–Kier alpha value is -4.62. The molecule has 0 aromatic heterocycles. The largest absolute Gasteiger partial charge is 0.372 e. The van der Waals surface area contributed by atoms with Gasteiger partial charge in [0.2, 0.25) is 0 Å². The molecule has 0 saturated heterocycles. The van der Waals surface area contributed by atoms with Crippen LogP contribution >= 0.6 is 0 Å². The van der Waals surface area contributed by atoms with Crippen molar-refractivity contribution in [3.05, 3.63) is 109 Å². The fraction of sp³-hybridized carbons (Fsp3) is 0.154. The molecule has 0 aliphatic rings. The van der Waals surface area contributed by atoms with Gasteiger partial charge in [-0.1, -0.05) is 23.7 Å². The highest BCUT2D eigenvalue weighted by atomic mass is 16.6. The Morgan fingerprint density at radius 1 is 0.636 bits per heavy atom. The van der Waals surface area contributed by atoms with Crippen molar-refractivity contribution in [2.24, 2.45) is 0 Å². The number of rotatable bonds is 5. The fourth-order valence-corrected chi connectivity index (χ4v) is 3.15.